The van der Waals surface area contributed by atoms with Crippen molar-refractivity contribution in [2.24, 2.45) is 5.73 Å². The molecule has 0 bridgehead atoms. The highest BCUT2D eigenvalue weighted by atomic mass is 19.1. The molecule has 4 heteroatoms. The highest BCUT2D eigenvalue weighted by molar-refractivity contribution is 5.86. The summed E-state index contributed by atoms with van der Waals surface area (Å²) in [4.78, 5) is 12.2. The molecule has 0 aromatic heterocycles. The number of hydrogen-bond acceptors (Lipinski definition) is 2. The van der Waals surface area contributed by atoms with Crippen LogP contribution >= 0.6 is 0 Å². The Morgan fingerprint density at radius 2 is 1.75 bits per heavy atom. The summed E-state index contributed by atoms with van der Waals surface area (Å²) < 4.78 is 13.0. The lowest BCUT2D eigenvalue weighted by atomic mass is 9.94. The quantitative estimate of drug-likeness (QED) is 0.886. The lowest BCUT2D eigenvalue weighted by Gasteiger charge is -2.24. The number of amides is 1. The third-order valence-electron chi connectivity index (χ3n) is 4.85. The van der Waals surface area contributed by atoms with E-state index >= 15 is 0 Å². The van der Waals surface area contributed by atoms with E-state index in [4.69, 9.17) is 5.73 Å². The van der Waals surface area contributed by atoms with Crippen LogP contribution in [0.2, 0.25) is 0 Å². The first kappa shape index (κ1) is 13.6. The highest BCUT2D eigenvalue weighted by Crippen LogP contribution is 2.47. The van der Waals surface area contributed by atoms with Crippen molar-refractivity contribution in [1.82, 2.24) is 5.32 Å². The summed E-state index contributed by atoms with van der Waals surface area (Å²) in [5.41, 5.74) is 6.59. The first-order chi connectivity index (χ1) is 9.54. The molecular formula is C16H21FN2O. The summed E-state index contributed by atoms with van der Waals surface area (Å²) in [6, 6.07) is 6.61. The van der Waals surface area contributed by atoms with Gasteiger partial charge in [0, 0.05) is 12.0 Å². The maximum Gasteiger partial charge on any atom is 0.240 e. The number of benzene rings is 1. The molecule has 1 amide bonds. The largest absolute Gasteiger partial charge is 0.354 e. The van der Waals surface area contributed by atoms with Crippen molar-refractivity contribution in [2.45, 2.75) is 49.5 Å². The predicted molar refractivity (Wildman–Crippen MR) is 75.7 cm³/mol. The molecule has 0 atom stereocenters. The molecular weight excluding hydrogens is 255 g/mol. The molecule has 2 saturated carbocycles. The number of carbonyl (C=O) groups excluding carboxylic acids is 1. The topological polar surface area (TPSA) is 55.1 Å². The van der Waals surface area contributed by atoms with E-state index in [0.717, 1.165) is 44.1 Å². The summed E-state index contributed by atoms with van der Waals surface area (Å²) in [6.07, 6.45) is 5.71. The van der Waals surface area contributed by atoms with Gasteiger partial charge < -0.3 is 11.1 Å². The Morgan fingerprint density at radius 3 is 2.30 bits per heavy atom. The molecule has 0 spiro atoms. The van der Waals surface area contributed by atoms with Crippen molar-refractivity contribution in [2.75, 3.05) is 6.54 Å². The van der Waals surface area contributed by atoms with E-state index in [1.165, 1.54) is 12.1 Å². The lowest BCUT2D eigenvalue weighted by molar-refractivity contribution is -0.126. The van der Waals surface area contributed by atoms with Gasteiger partial charge in [-0.05, 0) is 43.4 Å². The van der Waals surface area contributed by atoms with Gasteiger partial charge in [-0.1, -0.05) is 25.0 Å². The van der Waals surface area contributed by atoms with E-state index in [1.54, 1.807) is 0 Å². The van der Waals surface area contributed by atoms with Crippen molar-refractivity contribution in [3.8, 4) is 0 Å². The van der Waals surface area contributed by atoms with E-state index in [0.29, 0.717) is 6.54 Å². The molecule has 3 N–H and O–H groups in total. The number of hydrogen-bond donors (Lipinski definition) is 2. The van der Waals surface area contributed by atoms with Gasteiger partial charge in [-0.3, -0.25) is 4.79 Å². The van der Waals surface area contributed by atoms with E-state index in [-0.39, 0.29) is 17.1 Å². The molecule has 2 fully saturated rings. The second-order valence-corrected chi connectivity index (χ2v) is 6.33. The van der Waals surface area contributed by atoms with Crippen LogP contribution in [0.3, 0.4) is 0 Å². The van der Waals surface area contributed by atoms with Crippen molar-refractivity contribution in [1.29, 1.82) is 0 Å². The molecule has 108 valence electrons. The second kappa shape index (κ2) is 4.85. The minimum absolute atomic E-state index is 0.00166. The molecule has 20 heavy (non-hydrogen) atoms. The fourth-order valence-electron chi connectivity index (χ4n) is 3.18. The van der Waals surface area contributed by atoms with Crippen LogP contribution in [0.5, 0.6) is 0 Å². The van der Waals surface area contributed by atoms with Gasteiger partial charge in [-0.2, -0.15) is 0 Å². The Balaban J connectivity index is 1.63. The average molecular weight is 276 g/mol. The molecule has 0 saturated heterocycles. The predicted octanol–water partition coefficient (Wildman–Crippen LogP) is 2.25. The van der Waals surface area contributed by atoms with E-state index in [9.17, 15) is 9.18 Å². The van der Waals surface area contributed by atoms with Gasteiger partial charge >= 0.3 is 0 Å². The Labute approximate surface area is 118 Å². The normalized spacial score (nSPS) is 22.5. The smallest absolute Gasteiger partial charge is 0.240 e. The molecule has 1 aromatic rings. The van der Waals surface area contributed by atoms with Gasteiger partial charge in [-0.15, -0.1) is 0 Å². The number of carbonyl (C=O) groups is 1. The molecule has 0 radical (unpaired) electrons. The summed E-state index contributed by atoms with van der Waals surface area (Å²) >= 11 is 0. The van der Waals surface area contributed by atoms with Crippen LogP contribution in [0.1, 0.15) is 44.1 Å². The standard InChI is InChI=1S/C16H21FN2O/c17-13-5-3-12(4-6-13)15(9-10-15)11-19-14(20)16(18)7-1-2-8-16/h3-6H,1-2,7-11,18H2,(H,19,20). The fraction of sp³-hybridized carbons (Fsp3) is 0.562. The van der Waals surface area contributed by atoms with Crippen molar-refractivity contribution in [3.05, 3.63) is 35.6 Å². The van der Waals surface area contributed by atoms with Crippen molar-refractivity contribution < 1.29 is 9.18 Å². The van der Waals surface area contributed by atoms with Crippen LogP contribution in [0.15, 0.2) is 24.3 Å². The van der Waals surface area contributed by atoms with E-state index < -0.39 is 5.54 Å². The van der Waals surface area contributed by atoms with Crippen LogP contribution in [-0.4, -0.2) is 18.0 Å². The first-order valence-electron chi connectivity index (χ1n) is 7.37. The van der Waals surface area contributed by atoms with Gasteiger partial charge in [-0.25, -0.2) is 4.39 Å². The second-order valence-electron chi connectivity index (χ2n) is 6.33. The molecule has 0 heterocycles. The number of nitrogens with two attached hydrogens (primary N) is 1. The van der Waals surface area contributed by atoms with Crippen LogP contribution in [0.4, 0.5) is 4.39 Å². The minimum Gasteiger partial charge on any atom is -0.354 e. The molecule has 0 unspecified atom stereocenters. The lowest BCUT2D eigenvalue weighted by Crippen LogP contribution is -2.53. The van der Waals surface area contributed by atoms with Gasteiger partial charge in [0.1, 0.15) is 5.82 Å². The molecule has 3 nitrogen and oxygen atoms in total. The summed E-state index contributed by atoms with van der Waals surface area (Å²) in [7, 11) is 0. The van der Waals surface area contributed by atoms with Gasteiger partial charge in [0.15, 0.2) is 0 Å². The highest BCUT2D eigenvalue weighted by Gasteiger charge is 2.45. The zero-order valence-electron chi connectivity index (χ0n) is 11.6. The summed E-state index contributed by atoms with van der Waals surface area (Å²) in [5, 5.41) is 3.02. The van der Waals surface area contributed by atoms with Crippen LogP contribution in [-0.2, 0) is 10.2 Å². The first-order valence-corrected chi connectivity index (χ1v) is 7.37. The molecule has 1 aromatic carbocycles. The van der Waals surface area contributed by atoms with E-state index in [1.807, 2.05) is 12.1 Å². The Kier molecular flexibility index (Phi) is 3.28. The van der Waals surface area contributed by atoms with Crippen LogP contribution in [0, 0.1) is 5.82 Å². The maximum absolute atomic E-state index is 13.0. The molecule has 2 aliphatic rings. The van der Waals surface area contributed by atoms with Gasteiger partial charge in [0.25, 0.3) is 0 Å². The third-order valence-corrected chi connectivity index (χ3v) is 4.85. The van der Waals surface area contributed by atoms with Gasteiger partial charge in [0.2, 0.25) is 5.91 Å². The zero-order valence-corrected chi connectivity index (χ0v) is 11.6. The summed E-state index contributed by atoms with van der Waals surface area (Å²) in [5.74, 6) is -0.246. The SMILES string of the molecule is NC1(C(=O)NCC2(c3ccc(F)cc3)CC2)CCCC1. The summed E-state index contributed by atoms with van der Waals surface area (Å²) in [6.45, 7) is 0.608. The number of halogens is 1. The maximum atomic E-state index is 13.0. The molecule has 2 aliphatic carbocycles. The average Bonchev–Trinajstić information content (AvgIpc) is 3.11. The third kappa shape index (κ3) is 2.44. The molecule has 3 rings (SSSR count). The van der Waals surface area contributed by atoms with Crippen LogP contribution < -0.4 is 11.1 Å². The minimum atomic E-state index is -0.668. The van der Waals surface area contributed by atoms with E-state index in [2.05, 4.69) is 5.32 Å². The fourth-order valence-corrected chi connectivity index (χ4v) is 3.18. The number of rotatable bonds is 4. The van der Waals surface area contributed by atoms with Crippen LogP contribution in [0.25, 0.3) is 0 Å². The zero-order chi connectivity index (χ0) is 14.2. The molecule has 0 aliphatic heterocycles. The Hall–Kier alpha value is -1.42. The Bertz CT molecular complexity index is 502. The number of nitrogens with one attached hydrogen (secondary N) is 1. The van der Waals surface area contributed by atoms with Crippen molar-refractivity contribution >= 4 is 5.91 Å². The monoisotopic (exact) mass is 276 g/mol. The Morgan fingerprint density at radius 1 is 1.15 bits per heavy atom. The van der Waals surface area contributed by atoms with Crippen molar-refractivity contribution in [3.63, 3.8) is 0 Å². The van der Waals surface area contributed by atoms with Gasteiger partial charge in [0.05, 0.1) is 5.54 Å².